The second kappa shape index (κ2) is 10.0. The lowest BCUT2D eigenvalue weighted by Gasteiger charge is -2.17. The Morgan fingerprint density at radius 3 is 2.63 bits per heavy atom. The van der Waals surface area contributed by atoms with Gasteiger partial charge in [-0.2, -0.15) is 11.8 Å². The molecule has 27 heavy (non-hydrogen) atoms. The van der Waals surface area contributed by atoms with Gasteiger partial charge >= 0.3 is 0 Å². The Morgan fingerprint density at radius 1 is 1.26 bits per heavy atom. The molecule has 148 valence electrons. The van der Waals surface area contributed by atoms with Gasteiger partial charge in [-0.3, -0.25) is 9.79 Å². The molecule has 1 heterocycles. The Kier molecular flexibility index (Phi) is 7.44. The van der Waals surface area contributed by atoms with Crippen molar-refractivity contribution in [2.75, 3.05) is 19.3 Å². The van der Waals surface area contributed by atoms with Gasteiger partial charge in [0.15, 0.2) is 5.96 Å². The maximum absolute atomic E-state index is 12.5. The third-order valence-corrected chi connectivity index (χ3v) is 6.51. The lowest BCUT2D eigenvalue weighted by atomic mass is 10.1. The third-order valence-electron chi connectivity index (χ3n) is 5.42. The Morgan fingerprint density at radius 2 is 2.00 bits per heavy atom. The van der Waals surface area contributed by atoms with Crippen LogP contribution in [-0.4, -0.2) is 47.4 Å². The van der Waals surface area contributed by atoms with Crippen molar-refractivity contribution in [3.63, 3.8) is 0 Å². The van der Waals surface area contributed by atoms with Crippen molar-refractivity contribution in [3.8, 4) is 0 Å². The van der Waals surface area contributed by atoms with Crippen molar-refractivity contribution in [3.05, 3.63) is 35.4 Å². The number of benzene rings is 1. The van der Waals surface area contributed by atoms with E-state index >= 15 is 0 Å². The molecule has 6 heteroatoms. The highest BCUT2D eigenvalue weighted by molar-refractivity contribution is 7.99. The first kappa shape index (κ1) is 20.1. The maximum Gasteiger partial charge on any atom is 0.223 e. The molecule has 0 aromatic heterocycles. The van der Waals surface area contributed by atoms with Gasteiger partial charge in [-0.15, -0.1) is 0 Å². The summed E-state index contributed by atoms with van der Waals surface area (Å²) < 4.78 is 0. The number of hydrogen-bond acceptors (Lipinski definition) is 3. The second-order valence-corrected chi connectivity index (χ2v) is 8.53. The smallest absolute Gasteiger partial charge is 0.223 e. The number of carbonyl (C=O) groups excluding carboxylic acids is 1. The Labute approximate surface area is 167 Å². The molecule has 0 radical (unpaired) electrons. The molecule has 1 aromatic carbocycles. The largest absolute Gasteiger partial charge is 0.357 e. The van der Waals surface area contributed by atoms with E-state index in [0.29, 0.717) is 19.0 Å². The van der Waals surface area contributed by atoms with E-state index in [1.165, 1.54) is 30.4 Å². The number of thioether (sulfide) groups is 1. The molecular weight excluding hydrogens is 356 g/mol. The number of nitrogens with zero attached hydrogens (tertiary/aromatic N) is 2. The molecule has 2 unspecified atom stereocenters. The van der Waals surface area contributed by atoms with Crippen LogP contribution in [0.25, 0.3) is 0 Å². The van der Waals surface area contributed by atoms with Gasteiger partial charge in [-0.05, 0) is 50.0 Å². The minimum Gasteiger partial charge on any atom is -0.357 e. The molecule has 2 atom stereocenters. The van der Waals surface area contributed by atoms with Crippen LogP contribution in [0.3, 0.4) is 0 Å². The average Bonchev–Trinajstić information content (AvgIpc) is 3.31. The van der Waals surface area contributed by atoms with E-state index in [4.69, 9.17) is 0 Å². The first-order valence-corrected chi connectivity index (χ1v) is 11.4. The quantitative estimate of drug-likeness (QED) is 0.428. The van der Waals surface area contributed by atoms with Crippen LogP contribution in [0, 0.1) is 0 Å². The van der Waals surface area contributed by atoms with Gasteiger partial charge in [0, 0.05) is 43.9 Å². The molecule has 2 aliphatic rings. The van der Waals surface area contributed by atoms with Crippen LogP contribution in [0.1, 0.15) is 50.2 Å². The zero-order valence-corrected chi connectivity index (χ0v) is 17.4. The number of fused-ring (bicyclic) bond motifs is 1. The molecule has 1 fully saturated rings. The molecule has 1 aliphatic heterocycles. The molecule has 2 N–H and O–H groups in total. The van der Waals surface area contributed by atoms with E-state index < -0.39 is 0 Å². The molecule has 0 bridgehead atoms. The van der Waals surface area contributed by atoms with Gasteiger partial charge in [-0.1, -0.05) is 24.3 Å². The van der Waals surface area contributed by atoms with Gasteiger partial charge in [-0.25, -0.2) is 0 Å². The predicted octanol–water partition coefficient (Wildman–Crippen LogP) is 3.15. The monoisotopic (exact) mass is 388 g/mol. The lowest BCUT2D eigenvalue weighted by molar-refractivity contribution is -0.131. The summed E-state index contributed by atoms with van der Waals surface area (Å²) in [7, 11) is 0. The SMILES string of the molecule is CCNC(=NCCCC(=O)N1Cc2ccccc2C1)NC1CCC(SC)C1. The fourth-order valence-corrected chi connectivity index (χ4v) is 4.68. The van der Waals surface area contributed by atoms with Gasteiger partial charge < -0.3 is 15.5 Å². The number of nitrogens with one attached hydrogen (secondary N) is 2. The summed E-state index contributed by atoms with van der Waals surface area (Å²) in [4.78, 5) is 19.1. The highest BCUT2D eigenvalue weighted by Crippen LogP contribution is 2.28. The van der Waals surface area contributed by atoms with Crippen molar-refractivity contribution in [2.24, 2.45) is 4.99 Å². The van der Waals surface area contributed by atoms with Crippen molar-refractivity contribution in [2.45, 2.75) is 63.4 Å². The van der Waals surface area contributed by atoms with E-state index in [9.17, 15) is 4.79 Å². The van der Waals surface area contributed by atoms with E-state index in [1.807, 2.05) is 28.8 Å². The molecule has 3 rings (SSSR count). The normalized spacial score (nSPS) is 22.0. The molecule has 1 amide bonds. The fraction of sp³-hybridized carbons (Fsp3) is 0.619. The highest BCUT2D eigenvalue weighted by Gasteiger charge is 2.24. The number of rotatable bonds is 7. The Balaban J connectivity index is 1.41. The van der Waals surface area contributed by atoms with E-state index in [0.717, 1.165) is 37.3 Å². The number of guanidine groups is 1. The third kappa shape index (κ3) is 5.64. The van der Waals surface area contributed by atoms with Crippen LogP contribution in [-0.2, 0) is 17.9 Å². The molecule has 1 aromatic rings. The van der Waals surface area contributed by atoms with Crippen LogP contribution >= 0.6 is 11.8 Å². The van der Waals surface area contributed by atoms with E-state index in [2.05, 4.69) is 40.9 Å². The molecule has 1 saturated carbocycles. The Bertz CT molecular complexity index is 638. The fourth-order valence-electron chi connectivity index (χ4n) is 3.89. The zero-order chi connectivity index (χ0) is 19.1. The van der Waals surface area contributed by atoms with Crippen LogP contribution in [0.4, 0.5) is 0 Å². The number of hydrogen-bond donors (Lipinski definition) is 2. The first-order chi connectivity index (χ1) is 13.2. The minimum absolute atomic E-state index is 0.234. The summed E-state index contributed by atoms with van der Waals surface area (Å²) in [6.45, 7) is 5.13. The second-order valence-electron chi connectivity index (χ2n) is 7.39. The highest BCUT2D eigenvalue weighted by atomic mass is 32.2. The van der Waals surface area contributed by atoms with Crippen molar-refractivity contribution in [1.82, 2.24) is 15.5 Å². The number of aliphatic imine (C=N–C) groups is 1. The standard InChI is InChI=1S/C21H32N4OS/c1-3-22-21(24-18-10-11-19(13-18)27-2)23-12-6-9-20(26)25-14-16-7-4-5-8-17(16)15-25/h4-5,7-8,18-19H,3,6,9-15H2,1-2H3,(H2,22,23,24). The van der Waals surface area contributed by atoms with Gasteiger partial charge in [0.2, 0.25) is 5.91 Å². The summed E-state index contributed by atoms with van der Waals surface area (Å²) in [5.74, 6) is 1.13. The van der Waals surface area contributed by atoms with Gasteiger partial charge in [0.05, 0.1) is 0 Å². The minimum atomic E-state index is 0.234. The summed E-state index contributed by atoms with van der Waals surface area (Å²) >= 11 is 1.97. The zero-order valence-electron chi connectivity index (χ0n) is 16.5. The summed E-state index contributed by atoms with van der Waals surface area (Å²) in [5, 5.41) is 7.67. The summed E-state index contributed by atoms with van der Waals surface area (Å²) in [5.41, 5.74) is 2.56. The maximum atomic E-state index is 12.5. The van der Waals surface area contributed by atoms with Crippen molar-refractivity contribution in [1.29, 1.82) is 0 Å². The van der Waals surface area contributed by atoms with E-state index in [-0.39, 0.29) is 5.91 Å². The first-order valence-electron chi connectivity index (χ1n) is 10.1. The molecule has 0 spiro atoms. The van der Waals surface area contributed by atoms with Gasteiger partial charge in [0.25, 0.3) is 0 Å². The number of amides is 1. The van der Waals surface area contributed by atoms with E-state index in [1.54, 1.807) is 0 Å². The molecule has 0 saturated heterocycles. The summed E-state index contributed by atoms with van der Waals surface area (Å²) in [6.07, 6.45) is 7.26. The molecule has 1 aliphatic carbocycles. The predicted molar refractivity (Wildman–Crippen MR) is 114 cm³/mol. The Hall–Kier alpha value is -1.69. The van der Waals surface area contributed by atoms with Crippen LogP contribution in [0.5, 0.6) is 0 Å². The van der Waals surface area contributed by atoms with Crippen LogP contribution in [0.15, 0.2) is 29.3 Å². The molecule has 5 nitrogen and oxygen atoms in total. The van der Waals surface area contributed by atoms with Crippen LogP contribution < -0.4 is 10.6 Å². The number of carbonyl (C=O) groups is 1. The summed E-state index contributed by atoms with van der Waals surface area (Å²) in [6, 6.07) is 8.84. The average molecular weight is 389 g/mol. The van der Waals surface area contributed by atoms with Crippen molar-refractivity contribution < 1.29 is 4.79 Å². The lowest BCUT2D eigenvalue weighted by Crippen LogP contribution is -2.42. The van der Waals surface area contributed by atoms with Crippen molar-refractivity contribution >= 4 is 23.6 Å². The van der Waals surface area contributed by atoms with Gasteiger partial charge in [0.1, 0.15) is 0 Å². The van der Waals surface area contributed by atoms with Crippen LogP contribution in [0.2, 0.25) is 0 Å². The molecular formula is C21H32N4OS. The topological polar surface area (TPSA) is 56.7 Å².